The minimum Gasteiger partial charge on any atom is -0.372 e. The summed E-state index contributed by atoms with van der Waals surface area (Å²) < 4.78 is 11.7. The van der Waals surface area contributed by atoms with E-state index >= 15 is 0 Å². The van der Waals surface area contributed by atoms with Crippen molar-refractivity contribution in [2.24, 2.45) is 0 Å². The maximum Gasteiger partial charge on any atom is 0.0981 e. The van der Waals surface area contributed by atoms with Gasteiger partial charge in [0.2, 0.25) is 0 Å². The highest BCUT2D eigenvalue weighted by Crippen LogP contribution is 2.35. The molecule has 4 aliphatic heterocycles. The van der Waals surface area contributed by atoms with Crippen molar-refractivity contribution in [2.75, 3.05) is 26.3 Å². The normalized spacial score (nSPS) is 29.4. The number of ether oxygens (including phenoxy) is 2. The molecule has 0 aliphatic carbocycles. The second-order valence-electron chi connectivity index (χ2n) is 8.47. The van der Waals surface area contributed by atoms with E-state index in [2.05, 4.69) is 34.9 Å². The van der Waals surface area contributed by atoms with Crippen LogP contribution in [0.1, 0.15) is 47.3 Å². The molecule has 0 bridgehead atoms. The lowest BCUT2D eigenvalue weighted by Crippen LogP contribution is -2.48. The highest BCUT2D eigenvalue weighted by molar-refractivity contribution is 6.30. The lowest BCUT2D eigenvalue weighted by molar-refractivity contribution is -0.00153. The van der Waals surface area contributed by atoms with Gasteiger partial charge in [0.05, 0.1) is 25.4 Å². The van der Waals surface area contributed by atoms with Crippen LogP contribution in [0.5, 0.6) is 0 Å². The highest BCUT2D eigenvalue weighted by Gasteiger charge is 2.33. The van der Waals surface area contributed by atoms with Gasteiger partial charge in [0, 0.05) is 22.1 Å². The fourth-order valence-corrected chi connectivity index (χ4v) is 5.05. The molecule has 0 amide bonds. The molecule has 4 nitrogen and oxygen atoms in total. The van der Waals surface area contributed by atoms with Gasteiger partial charge in [-0.2, -0.15) is 0 Å². The van der Waals surface area contributed by atoms with Crippen LogP contribution in [0, 0.1) is 0 Å². The molecule has 30 heavy (non-hydrogen) atoms. The number of nitrogens with one attached hydrogen (secondary N) is 2. The van der Waals surface area contributed by atoms with Gasteiger partial charge in [-0.3, -0.25) is 0 Å². The van der Waals surface area contributed by atoms with Gasteiger partial charge in [-0.15, -0.1) is 0 Å². The summed E-state index contributed by atoms with van der Waals surface area (Å²) in [7, 11) is 0. The molecule has 6 heteroatoms. The summed E-state index contributed by atoms with van der Waals surface area (Å²) in [5, 5.41) is 8.43. The molecule has 0 saturated carbocycles. The van der Waals surface area contributed by atoms with Crippen LogP contribution in [-0.4, -0.2) is 38.4 Å². The molecule has 160 valence electrons. The first-order chi connectivity index (χ1) is 14.7. The first-order valence-corrected chi connectivity index (χ1v) is 11.7. The summed E-state index contributed by atoms with van der Waals surface area (Å²) in [5.41, 5.74) is 5.35. The molecular weight excluding hydrogens is 419 g/mol. The van der Waals surface area contributed by atoms with Crippen LogP contribution in [0.4, 0.5) is 0 Å². The van der Waals surface area contributed by atoms with E-state index < -0.39 is 0 Å². The first-order valence-electron chi connectivity index (χ1n) is 11.0. The van der Waals surface area contributed by atoms with Crippen LogP contribution in [0.2, 0.25) is 10.0 Å². The van der Waals surface area contributed by atoms with Crippen molar-refractivity contribution in [1.29, 1.82) is 0 Å². The Hall–Kier alpha value is -1.14. The van der Waals surface area contributed by atoms with Crippen molar-refractivity contribution in [3.8, 4) is 0 Å². The largest absolute Gasteiger partial charge is 0.372 e. The van der Waals surface area contributed by atoms with Crippen molar-refractivity contribution in [3.05, 3.63) is 68.7 Å². The van der Waals surface area contributed by atoms with Gasteiger partial charge in [-0.25, -0.2) is 0 Å². The Morgan fingerprint density at radius 3 is 1.50 bits per heavy atom. The summed E-state index contributed by atoms with van der Waals surface area (Å²) in [6.45, 7) is 3.88. The number of halogens is 2. The Kier molecular flexibility index (Phi) is 6.33. The lowest BCUT2D eigenvalue weighted by Gasteiger charge is -2.38. The Balaban J connectivity index is 0.000000128. The summed E-state index contributed by atoms with van der Waals surface area (Å²) in [4.78, 5) is 0. The van der Waals surface area contributed by atoms with Gasteiger partial charge in [0.1, 0.15) is 0 Å². The zero-order valence-corrected chi connectivity index (χ0v) is 18.5. The zero-order chi connectivity index (χ0) is 20.5. The molecule has 2 aromatic rings. The minimum absolute atomic E-state index is 0.209. The fourth-order valence-electron chi connectivity index (χ4n) is 4.69. The third-order valence-electron chi connectivity index (χ3n) is 6.62. The van der Waals surface area contributed by atoms with Crippen LogP contribution in [0.3, 0.4) is 0 Å². The van der Waals surface area contributed by atoms with Gasteiger partial charge in [0.15, 0.2) is 0 Å². The van der Waals surface area contributed by atoms with Crippen molar-refractivity contribution in [3.63, 3.8) is 0 Å². The zero-order valence-electron chi connectivity index (χ0n) is 17.0. The number of fused-ring (bicyclic) bond motifs is 2. The van der Waals surface area contributed by atoms with E-state index in [1.807, 2.05) is 12.1 Å². The highest BCUT2D eigenvalue weighted by atomic mass is 35.5. The fraction of sp³-hybridized carbons (Fsp3) is 0.500. The van der Waals surface area contributed by atoms with E-state index in [4.69, 9.17) is 32.7 Å². The Morgan fingerprint density at radius 2 is 1.13 bits per heavy atom. The van der Waals surface area contributed by atoms with Crippen LogP contribution >= 0.6 is 23.2 Å². The van der Waals surface area contributed by atoms with E-state index in [1.165, 1.54) is 35.1 Å². The van der Waals surface area contributed by atoms with Crippen molar-refractivity contribution in [1.82, 2.24) is 10.6 Å². The van der Waals surface area contributed by atoms with Crippen molar-refractivity contribution >= 4 is 23.2 Å². The molecule has 0 radical (unpaired) electrons. The first kappa shape index (κ1) is 20.7. The van der Waals surface area contributed by atoms with E-state index in [0.717, 1.165) is 49.2 Å². The lowest BCUT2D eigenvalue weighted by atomic mass is 9.89. The SMILES string of the molecule is Clc1ccc2c(c1)[C@@H]([C@H]1CCN1)OCC2.Clc1ccc2c(c1)[C@H]([C@H]1CCN1)OCC2. The van der Waals surface area contributed by atoms with Gasteiger partial charge in [-0.05, 0) is 85.3 Å². The number of hydrogen-bond donors (Lipinski definition) is 2. The Bertz CT molecular complexity index is 825. The molecule has 4 atom stereocenters. The summed E-state index contributed by atoms with van der Waals surface area (Å²) in [6, 6.07) is 13.3. The standard InChI is InChI=1S/2C12H14ClNO/c2*13-9-2-1-8-4-6-15-12(10(8)7-9)11-3-5-14-11/h2*1-2,7,11-12,14H,3-6H2/t11-,12+;11-,12-/m11/s1. The van der Waals surface area contributed by atoms with Crippen molar-refractivity contribution in [2.45, 2.75) is 50.0 Å². The topological polar surface area (TPSA) is 42.5 Å². The number of benzene rings is 2. The van der Waals surface area contributed by atoms with E-state index in [9.17, 15) is 0 Å². The average Bonchev–Trinajstić information content (AvgIpc) is 2.67. The molecule has 2 fully saturated rings. The van der Waals surface area contributed by atoms with E-state index in [0.29, 0.717) is 12.1 Å². The summed E-state index contributed by atoms with van der Waals surface area (Å²) in [5.74, 6) is 0. The molecule has 2 aromatic carbocycles. The Labute approximate surface area is 188 Å². The molecule has 2 N–H and O–H groups in total. The second kappa shape index (κ2) is 9.15. The van der Waals surface area contributed by atoms with E-state index in [-0.39, 0.29) is 12.2 Å². The van der Waals surface area contributed by atoms with Crippen LogP contribution in [0.25, 0.3) is 0 Å². The quantitative estimate of drug-likeness (QED) is 0.705. The molecule has 6 rings (SSSR count). The third-order valence-corrected chi connectivity index (χ3v) is 7.09. The van der Waals surface area contributed by atoms with Gasteiger partial charge in [-0.1, -0.05) is 35.3 Å². The number of rotatable bonds is 2. The average molecular weight is 447 g/mol. The summed E-state index contributed by atoms with van der Waals surface area (Å²) >= 11 is 12.1. The molecule has 4 aliphatic rings. The molecule has 0 unspecified atom stereocenters. The van der Waals surface area contributed by atoms with Crippen molar-refractivity contribution < 1.29 is 9.47 Å². The van der Waals surface area contributed by atoms with Gasteiger partial charge < -0.3 is 20.1 Å². The predicted octanol–water partition coefficient (Wildman–Crippen LogP) is 4.63. The molecule has 4 heterocycles. The van der Waals surface area contributed by atoms with Crippen LogP contribution < -0.4 is 10.6 Å². The van der Waals surface area contributed by atoms with Gasteiger partial charge in [0.25, 0.3) is 0 Å². The predicted molar refractivity (Wildman–Crippen MR) is 121 cm³/mol. The minimum atomic E-state index is 0.209. The molecular formula is C24H28Cl2N2O2. The molecule has 2 saturated heterocycles. The maximum atomic E-state index is 6.03. The summed E-state index contributed by atoms with van der Waals surface area (Å²) in [6.07, 6.45) is 4.85. The molecule has 0 spiro atoms. The Morgan fingerprint density at radius 1 is 0.700 bits per heavy atom. The third kappa shape index (κ3) is 4.27. The maximum absolute atomic E-state index is 6.03. The van der Waals surface area contributed by atoms with Crippen LogP contribution in [-0.2, 0) is 22.3 Å². The van der Waals surface area contributed by atoms with E-state index in [1.54, 1.807) is 0 Å². The molecule has 0 aromatic heterocycles. The monoisotopic (exact) mass is 446 g/mol. The smallest absolute Gasteiger partial charge is 0.0981 e. The second-order valence-corrected chi connectivity index (χ2v) is 9.34. The number of hydrogen-bond acceptors (Lipinski definition) is 4. The van der Waals surface area contributed by atoms with Crippen LogP contribution in [0.15, 0.2) is 36.4 Å². The van der Waals surface area contributed by atoms with Gasteiger partial charge >= 0.3 is 0 Å².